The molecule has 3 rings (SSSR count). The van der Waals surface area contributed by atoms with Crippen molar-refractivity contribution in [3.63, 3.8) is 0 Å². The predicted octanol–water partition coefficient (Wildman–Crippen LogP) is 1.92. The van der Waals surface area contributed by atoms with Gasteiger partial charge in [0.25, 0.3) is 5.91 Å². The molecule has 1 fully saturated rings. The first kappa shape index (κ1) is 22.2. The molecule has 0 bridgehead atoms. The number of alkyl halides is 3. The van der Waals surface area contributed by atoms with E-state index >= 15 is 0 Å². The topological polar surface area (TPSA) is 88.4 Å². The molecule has 164 valence electrons. The molecule has 8 nitrogen and oxygen atoms in total. The van der Waals surface area contributed by atoms with E-state index in [9.17, 15) is 30.8 Å². The Balaban J connectivity index is 1.87. The molecule has 1 amide bonds. The van der Waals surface area contributed by atoms with Crippen molar-refractivity contribution in [2.45, 2.75) is 25.1 Å². The molecule has 0 spiro atoms. The quantitative estimate of drug-likeness (QED) is 0.666. The molecule has 1 saturated heterocycles. The van der Waals surface area contributed by atoms with Crippen LogP contribution in [0.4, 0.5) is 17.6 Å². The summed E-state index contributed by atoms with van der Waals surface area (Å²) in [5, 5.41) is 6.86. The first-order valence-corrected chi connectivity index (χ1v) is 10.8. The van der Waals surface area contributed by atoms with Crippen LogP contribution in [0.3, 0.4) is 0 Å². The van der Waals surface area contributed by atoms with Crippen molar-refractivity contribution in [2.75, 3.05) is 26.4 Å². The third-order valence-electron chi connectivity index (χ3n) is 4.98. The Hall–Kier alpha value is -2.54. The molecule has 1 aromatic heterocycles. The van der Waals surface area contributed by atoms with Gasteiger partial charge in [-0.15, -0.1) is 5.10 Å². The van der Waals surface area contributed by atoms with Crippen molar-refractivity contribution < 1.29 is 30.8 Å². The van der Waals surface area contributed by atoms with Crippen LogP contribution >= 0.6 is 0 Å². The maximum atomic E-state index is 13.7. The number of piperidine rings is 1. The van der Waals surface area contributed by atoms with Gasteiger partial charge in [0.1, 0.15) is 5.82 Å². The molecule has 30 heavy (non-hydrogen) atoms. The number of benzene rings is 1. The van der Waals surface area contributed by atoms with Crippen LogP contribution in [0.5, 0.6) is 0 Å². The zero-order valence-corrected chi connectivity index (χ0v) is 16.9. The SMILES string of the molecule is CN(C1CCN(C(=O)c2nnn(-c3cccc(F)c3)c2C(F)(F)F)CC1)S(C)(=O)=O. The van der Waals surface area contributed by atoms with E-state index in [2.05, 4.69) is 10.3 Å². The van der Waals surface area contributed by atoms with Crippen molar-refractivity contribution in [3.8, 4) is 5.69 Å². The molecule has 0 aliphatic carbocycles. The maximum absolute atomic E-state index is 13.7. The molecule has 2 heterocycles. The van der Waals surface area contributed by atoms with Crippen molar-refractivity contribution in [2.24, 2.45) is 0 Å². The third-order valence-corrected chi connectivity index (χ3v) is 6.33. The molecular formula is C17H19F4N5O3S. The highest BCUT2D eigenvalue weighted by atomic mass is 32.2. The molecule has 0 unspecified atom stereocenters. The zero-order chi connectivity index (χ0) is 22.3. The highest BCUT2D eigenvalue weighted by Gasteiger charge is 2.43. The highest BCUT2D eigenvalue weighted by Crippen LogP contribution is 2.33. The van der Waals surface area contributed by atoms with Gasteiger partial charge in [-0.1, -0.05) is 11.3 Å². The summed E-state index contributed by atoms with van der Waals surface area (Å²) in [4.78, 5) is 13.9. The van der Waals surface area contributed by atoms with Gasteiger partial charge in [0.15, 0.2) is 11.4 Å². The Labute approximate surface area is 170 Å². The fraction of sp³-hybridized carbons (Fsp3) is 0.471. The highest BCUT2D eigenvalue weighted by molar-refractivity contribution is 7.88. The minimum Gasteiger partial charge on any atom is -0.337 e. The molecule has 13 heteroatoms. The van der Waals surface area contributed by atoms with E-state index in [-0.39, 0.29) is 37.7 Å². The van der Waals surface area contributed by atoms with Crippen molar-refractivity contribution in [1.82, 2.24) is 24.2 Å². The number of hydrogen-bond acceptors (Lipinski definition) is 5. The van der Waals surface area contributed by atoms with Crippen LogP contribution in [0, 0.1) is 5.82 Å². The van der Waals surface area contributed by atoms with Gasteiger partial charge in [0.2, 0.25) is 10.0 Å². The Morgan fingerprint density at radius 1 is 1.23 bits per heavy atom. The van der Waals surface area contributed by atoms with Gasteiger partial charge in [-0.3, -0.25) is 4.79 Å². The Bertz CT molecular complexity index is 1050. The summed E-state index contributed by atoms with van der Waals surface area (Å²) in [7, 11) is -2.00. The Morgan fingerprint density at radius 3 is 2.40 bits per heavy atom. The molecule has 1 aliphatic heterocycles. The van der Waals surface area contributed by atoms with E-state index < -0.39 is 39.3 Å². The van der Waals surface area contributed by atoms with E-state index in [0.717, 1.165) is 18.4 Å². The van der Waals surface area contributed by atoms with Crippen LogP contribution in [0.2, 0.25) is 0 Å². The third kappa shape index (κ3) is 4.46. The molecule has 0 saturated carbocycles. The number of carbonyl (C=O) groups is 1. The van der Waals surface area contributed by atoms with Crippen LogP contribution < -0.4 is 0 Å². The summed E-state index contributed by atoms with van der Waals surface area (Å²) in [5.74, 6) is -1.73. The minimum absolute atomic E-state index is 0.0630. The van der Waals surface area contributed by atoms with Gasteiger partial charge in [0, 0.05) is 26.2 Å². The summed E-state index contributed by atoms with van der Waals surface area (Å²) in [6.07, 6.45) is -3.36. The monoisotopic (exact) mass is 449 g/mol. The number of likely N-dealkylation sites (tertiary alicyclic amines) is 1. The largest absolute Gasteiger partial charge is 0.435 e. The number of rotatable bonds is 4. The molecular weight excluding hydrogens is 430 g/mol. The summed E-state index contributed by atoms with van der Waals surface area (Å²) >= 11 is 0. The van der Waals surface area contributed by atoms with Crippen LogP contribution in [-0.4, -0.2) is 71.0 Å². The lowest BCUT2D eigenvalue weighted by atomic mass is 10.0. The molecule has 0 radical (unpaired) electrons. The van der Waals surface area contributed by atoms with Crippen LogP contribution in [0.15, 0.2) is 24.3 Å². The molecule has 1 aromatic carbocycles. The Kier molecular flexibility index (Phi) is 5.87. The van der Waals surface area contributed by atoms with E-state index in [1.807, 2.05) is 0 Å². The van der Waals surface area contributed by atoms with E-state index in [0.29, 0.717) is 4.68 Å². The van der Waals surface area contributed by atoms with Crippen molar-refractivity contribution in [3.05, 3.63) is 41.5 Å². The number of sulfonamides is 1. The number of halogens is 4. The van der Waals surface area contributed by atoms with Crippen molar-refractivity contribution >= 4 is 15.9 Å². The Morgan fingerprint density at radius 2 is 1.87 bits per heavy atom. The van der Waals surface area contributed by atoms with Gasteiger partial charge in [-0.05, 0) is 31.0 Å². The smallest absolute Gasteiger partial charge is 0.337 e. The van der Waals surface area contributed by atoms with Gasteiger partial charge >= 0.3 is 6.18 Å². The zero-order valence-electron chi connectivity index (χ0n) is 16.1. The van der Waals surface area contributed by atoms with E-state index in [4.69, 9.17) is 0 Å². The summed E-state index contributed by atoms with van der Waals surface area (Å²) in [6, 6.07) is 4.00. The maximum Gasteiger partial charge on any atom is 0.435 e. The number of aromatic nitrogens is 3. The normalized spacial score (nSPS) is 16.3. The number of carbonyl (C=O) groups excluding carboxylic acids is 1. The lowest BCUT2D eigenvalue weighted by molar-refractivity contribution is -0.143. The fourth-order valence-electron chi connectivity index (χ4n) is 3.32. The van der Waals surface area contributed by atoms with Gasteiger partial charge in [0.05, 0.1) is 11.9 Å². The minimum atomic E-state index is -4.96. The van der Waals surface area contributed by atoms with E-state index in [1.54, 1.807) is 0 Å². The molecule has 0 N–H and O–H groups in total. The first-order valence-electron chi connectivity index (χ1n) is 8.90. The fourth-order valence-corrected chi connectivity index (χ4v) is 4.07. The second kappa shape index (κ2) is 7.95. The van der Waals surface area contributed by atoms with Gasteiger partial charge in [-0.2, -0.15) is 13.2 Å². The number of nitrogens with zero attached hydrogens (tertiary/aromatic N) is 5. The second-order valence-corrected chi connectivity index (χ2v) is 9.02. The van der Waals surface area contributed by atoms with Gasteiger partial charge in [-0.25, -0.2) is 21.8 Å². The average Bonchev–Trinajstić information content (AvgIpc) is 3.12. The molecule has 0 atom stereocenters. The summed E-state index contributed by atoms with van der Waals surface area (Å²) < 4.78 is 79.5. The lowest BCUT2D eigenvalue weighted by Crippen LogP contribution is -2.47. The van der Waals surface area contributed by atoms with E-state index in [1.165, 1.54) is 28.4 Å². The molecule has 2 aromatic rings. The van der Waals surface area contributed by atoms with Crippen molar-refractivity contribution in [1.29, 1.82) is 0 Å². The standard InChI is InChI=1S/C17H19F4N5O3S/c1-24(30(2,28)29)12-6-8-25(9-7-12)16(27)14-15(17(19,20)21)26(23-22-14)13-5-3-4-11(18)10-13/h3-5,10,12H,6-9H2,1-2H3. The number of amides is 1. The summed E-state index contributed by atoms with van der Waals surface area (Å²) in [5.41, 5.74) is -2.50. The average molecular weight is 449 g/mol. The summed E-state index contributed by atoms with van der Waals surface area (Å²) in [6.45, 7) is 0.126. The second-order valence-electron chi connectivity index (χ2n) is 6.98. The van der Waals surface area contributed by atoms with Crippen LogP contribution in [-0.2, 0) is 16.2 Å². The van der Waals surface area contributed by atoms with Gasteiger partial charge < -0.3 is 4.90 Å². The molecule has 1 aliphatic rings. The predicted molar refractivity (Wildman–Crippen MR) is 97.9 cm³/mol. The number of hydrogen-bond donors (Lipinski definition) is 0. The first-order chi connectivity index (χ1) is 13.9. The van der Waals surface area contributed by atoms with Crippen LogP contribution in [0.25, 0.3) is 5.69 Å². The van der Waals surface area contributed by atoms with Crippen LogP contribution in [0.1, 0.15) is 29.0 Å². The lowest BCUT2D eigenvalue weighted by Gasteiger charge is -2.35.